The van der Waals surface area contributed by atoms with Crippen molar-refractivity contribution < 1.29 is 18.0 Å². The number of carbonyl (C=O) groups excluding carboxylic acids is 1. The zero-order valence-electron chi connectivity index (χ0n) is 11.2. The third kappa shape index (κ3) is 5.50. The van der Waals surface area contributed by atoms with Crippen LogP contribution in [-0.2, 0) is 11.3 Å². The third-order valence-corrected chi connectivity index (χ3v) is 3.65. The fourth-order valence-electron chi connectivity index (χ4n) is 1.57. The minimum absolute atomic E-state index is 0.460. The summed E-state index contributed by atoms with van der Waals surface area (Å²) in [5.74, 6) is -0.642. The van der Waals surface area contributed by atoms with Crippen LogP contribution in [0.25, 0.3) is 0 Å². The number of nitrogens with zero attached hydrogens (tertiary/aromatic N) is 1. The molecule has 0 aliphatic rings. The van der Waals surface area contributed by atoms with Crippen LogP contribution in [0.2, 0.25) is 0 Å². The zero-order chi connectivity index (χ0) is 15.3. The van der Waals surface area contributed by atoms with Gasteiger partial charge in [0.05, 0.1) is 6.04 Å². The molecule has 0 bridgehead atoms. The van der Waals surface area contributed by atoms with Gasteiger partial charge in [0.1, 0.15) is 6.54 Å². The van der Waals surface area contributed by atoms with Crippen molar-refractivity contribution in [2.24, 2.45) is 0 Å². The first kappa shape index (κ1) is 17.0. The first-order valence-corrected chi connectivity index (χ1v) is 6.78. The Kier molecular flexibility index (Phi) is 6.01. The highest BCUT2D eigenvalue weighted by atomic mass is 79.9. The quantitative estimate of drug-likeness (QED) is 0.883. The second-order valence-corrected chi connectivity index (χ2v) is 5.37. The lowest BCUT2D eigenvalue weighted by atomic mass is 10.2. The summed E-state index contributed by atoms with van der Waals surface area (Å²) in [4.78, 5) is 13.3. The molecule has 0 aromatic heterocycles. The predicted molar refractivity (Wildman–Crippen MR) is 74.1 cm³/mol. The predicted octanol–water partition coefficient (Wildman–Crippen LogP) is 2.95. The molecular weight excluding hydrogens is 337 g/mol. The normalized spacial score (nSPS) is 13.3. The van der Waals surface area contributed by atoms with Crippen molar-refractivity contribution in [3.05, 3.63) is 34.3 Å². The van der Waals surface area contributed by atoms with E-state index in [4.69, 9.17) is 0 Å². The molecule has 0 radical (unpaired) electrons. The summed E-state index contributed by atoms with van der Waals surface area (Å²) < 4.78 is 37.0. The number of rotatable bonds is 5. The monoisotopic (exact) mass is 352 g/mol. The Bertz CT molecular complexity index is 465. The molecule has 1 atom stereocenters. The topological polar surface area (TPSA) is 32.3 Å². The van der Waals surface area contributed by atoms with E-state index in [-0.39, 0.29) is 0 Å². The van der Waals surface area contributed by atoms with Crippen molar-refractivity contribution in [1.29, 1.82) is 0 Å². The van der Waals surface area contributed by atoms with Crippen LogP contribution in [-0.4, -0.2) is 36.6 Å². The van der Waals surface area contributed by atoms with Gasteiger partial charge in [-0.1, -0.05) is 34.1 Å². The van der Waals surface area contributed by atoms with Crippen LogP contribution in [0.5, 0.6) is 0 Å². The highest BCUT2D eigenvalue weighted by molar-refractivity contribution is 9.10. The molecule has 0 spiro atoms. The number of benzene rings is 1. The van der Waals surface area contributed by atoms with Crippen LogP contribution in [0.1, 0.15) is 12.5 Å². The Hall–Kier alpha value is -1.08. The lowest BCUT2D eigenvalue weighted by Gasteiger charge is -2.24. The number of amides is 1. The maximum atomic E-state index is 12.0. The van der Waals surface area contributed by atoms with E-state index >= 15 is 0 Å². The van der Waals surface area contributed by atoms with Crippen LogP contribution in [0.15, 0.2) is 28.7 Å². The van der Waals surface area contributed by atoms with Crippen LogP contribution >= 0.6 is 15.9 Å². The Morgan fingerprint density at radius 2 is 2.00 bits per heavy atom. The first-order valence-electron chi connectivity index (χ1n) is 5.99. The average molecular weight is 353 g/mol. The summed E-state index contributed by atoms with van der Waals surface area (Å²) in [7, 11) is 1.69. The molecule has 1 aromatic carbocycles. The Morgan fingerprint density at radius 3 is 2.55 bits per heavy atom. The van der Waals surface area contributed by atoms with E-state index in [0.29, 0.717) is 6.54 Å². The van der Waals surface area contributed by atoms with E-state index in [9.17, 15) is 18.0 Å². The minimum Gasteiger partial charge on any atom is -0.346 e. The van der Waals surface area contributed by atoms with E-state index < -0.39 is 24.7 Å². The lowest BCUT2D eigenvalue weighted by molar-refractivity contribution is -0.141. The Balaban J connectivity index is 2.56. The van der Waals surface area contributed by atoms with E-state index in [2.05, 4.69) is 15.9 Å². The highest BCUT2D eigenvalue weighted by Gasteiger charge is 2.29. The molecule has 1 aromatic rings. The lowest BCUT2D eigenvalue weighted by Crippen LogP contribution is -2.45. The number of nitrogens with one attached hydrogen (secondary N) is 1. The van der Waals surface area contributed by atoms with Gasteiger partial charge in [0.15, 0.2) is 0 Å². The summed E-state index contributed by atoms with van der Waals surface area (Å²) in [5, 5.41) is 1.89. The maximum absolute atomic E-state index is 12.0. The fourth-order valence-corrected chi connectivity index (χ4v) is 1.98. The Morgan fingerprint density at radius 1 is 1.40 bits per heavy atom. The molecule has 0 fully saturated rings. The smallest absolute Gasteiger partial charge is 0.346 e. The summed E-state index contributed by atoms with van der Waals surface area (Å²) >= 11 is 3.39. The molecule has 20 heavy (non-hydrogen) atoms. The third-order valence-electron chi connectivity index (χ3n) is 2.88. The van der Waals surface area contributed by atoms with Crippen molar-refractivity contribution in [3.63, 3.8) is 0 Å². The van der Waals surface area contributed by atoms with Crippen molar-refractivity contribution in [2.45, 2.75) is 25.7 Å². The van der Waals surface area contributed by atoms with Crippen molar-refractivity contribution in [1.82, 2.24) is 10.2 Å². The van der Waals surface area contributed by atoms with E-state index in [0.717, 1.165) is 10.0 Å². The van der Waals surface area contributed by atoms with Gasteiger partial charge >= 0.3 is 6.18 Å². The molecule has 7 heteroatoms. The van der Waals surface area contributed by atoms with Gasteiger partial charge in [0, 0.05) is 11.0 Å². The minimum atomic E-state index is -4.39. The SMILES string of the molecule is C[C@@H](C(=O)NCC(F)(F)F)N(C)Cc1ccccc1Br. The average Bonchev–Trinajstić information content (AvgIpc) is 2.36. The molecular formula is C13H16BrF3N2O. The van der Waals surface area contributed by atoms with Crippen molar-refractivity contribution >= 4 is 21.8 Å². The largest absolute Gasteiger partial charge is 0.405 e. The van der Waals surface area contributed by atoms with Crippen molar-refractivity contribution in [2.75, 3.05) is 13.6 Å². The second kappa shape index (κ2) is 7.08. The van der Waals surface area contributed by atoms with Gasteiger partial charge in [0.25, 0.3) is 0 Å². The van der Waals surface area contributed by atoms with Crippen LogP contribution in [0, 0.1) is 0 Å². The van der Waals surface area contributed by atoms with Gasteiger partial charge in [-0.25, -0.2) is 0 Å². The molecule has 0 saturated carbocycles. The van der Waals surface area contributed by atoms with Gasteiger partial charge in [-0.05, 0) is 25.6 Å². The molecule has 1 rings (SSSR count). The first-order chi connectivity index (χ1) is 9.20. The standard InChI is InChI=1S/C13H16BrF3N2O/c1-9(12(20)18-8-13(15,16)17)19(2)7-10-5-3-4-6-11(10)14/h3-6,9H,7-8H2,1-2H3,(H,18,20)/t9-/m0/s1. The Labute approximate surface area is 124 Å². The molecule has 0 aliphatic heterocycles. The van der Waals surface area contributed by atoms with Gasteiger partial charge < -0.3 is 5.32 Å². The molecule has 0 heterocycles. The van der Waals surface area contributed by atoms with Crippen LogP contribution in [0.4, 0.5) is 13.2 Å². The second-order valence-electron chi connectivity index (χ2n) is 4.52. The number of halogens is 4. The van der Waals surface area contributed by atoms with Gasteiger partial charge in [-0.15, -0.1) is 0 Å². The van der Waals surface area contributed by atoms with Gasteiger partial charge in [-0.3, -0.25) is 9.69 Å². The summed E-state index contributed by atoms with van der Waals surface area (Å²) in [5.41, 5.74) is 0.963. The molecule has 0 unspecified atom stereocenters. The molecule has 1 N–H and O–H groups in total. The van der Waals surface area contributed by atoms with Crippen LogP contribution < -0.4 is 5.32 Å². The summed E-state index contributed by atoms with van der Waals surface area (Å²) in [6.07, 6.45) is -4.39. The number of hydrogen-bond acceptors (Lipinski definition) is 2. The van der Waals surface area contributed by atoms with E-state index in [1.54, 1.807) is 18.9 Å². The molecule has 112 valence electrons. The zero-order valence-corrected chi connectivity index (χ0v) is 12.8. The van der Waals surface area contributed by atoms with Crippen LogP contribution in [0.3, 0.4) is 0 Å². The van der Waals surface area contributed by atoms with Crippen molar-refractivity contribution in [3.8, 4) is 0 Å². The molecule has 1 amide bonds. The summed E-state index contributed by atoms with van der Waals surface area (Å²) in [6.45, 7) is 0.726. The number of carbonyl (C=O) groups is 1. The fraction of sp³-hybridized carbons (Fsp3) is 0.462. The number of hydrogen-bond donors (Lipinski definition) is 1. The number of alkyl halides is 3. The highest BCUT2D eigenvalue weighted by Crippen LogP contribution is 2.18. The molecule has 0 saturated heterocycles. The van der Waals surface area contributed by atoms with E-state index in [1.807, 2.05) is 29.6 Å². The molecule has 3 nitrogen and oxygen atoms in total. The maximum Gasteiger partial charge on any atom is 0.405 e. The van der Waals surface area contributed by atoms with E-state index in [1.165, 1.54) is 0 Å². The molecule has 0 aliphatic carbocycles. The number of likely N-dealkylation sites (N-methyl/N-ethyl adjacent to an activating group) is 1. The van der Waals surface area contributed by atoms with Gasteiger partial charge in [0.2, 0.25) is 5.91 Å². The van der Waals surface area contributed by atoms with Gasteiger partial charge in [-0.2, -0.15) is 13.2 Å². The summed E-state index contributed by atoms with van der Waals surface area (Å²) in [6, 6.07) is 6.85.